The largest absolute Gasteiger partial charge is 0.497 e. The van der Waals surface area contributed by atoms with Gasteiger partial charge in [-0.1, -0.05) is 30.3 Å². The second-order valence-corrected chi connectivity index (χ2v) is 6.51. The van der Waals surface area contributed by atoms with Gasteiger partial charge in [-0.25, -0.2) is 0 Å². The van der Waals surface area contributed by atoms with Crippen molar-refractivity contribution in [1.29, 1.82) is 0 Å². The van der Waals surface area contributed by atoms with Crippen molar-refractivity contribution in [2.45, 2.75) is 18.9 Å². The van der Waals surface area contributed by atoms with Crippen LogP contribution < -0.4 is 20.1 Å². The standard InChI is InChI=1S/C22H24N4O4/c1-29-18-9-11-19(12-10-18)30-13-5-8-20(27)26-21(16-6-3-2-4-7-16)22(28)25-17-14-23-24-15-17/h2-4,6-7,9-12,14-15,21H,5,8,13H2,1H3,(H,23,24)(H,25,28)(H,26,27)/t21-/m1/s1. The molecule has 0 aliphatic carbocycles. The van der Waals surface area contributed by atoms with Gasteiger partial charge in [-0.15, -0.1) is 0 Å². The van der Waals surface area contributed by atoms with Gasteiger partial charge in [0, 0.05) is 12.6 Å². The first kappa shape index (κ1) is 20.9. The Bertz CT molecular complexity index is 928. The van der Waals surface area contributed by atoms with E-state index < -0.39 is 6.04 Å². The molecule has 3 rings (SSSR count). The van der Waals surface area contributed by atoms with Crippen molar-refractivity contribution < 1.29 is 19.1 Å². The summed E-state index contributed by atoms with van der Waals surface area (Å²) in [6, 6.07) is 15.5. The van der Waals surface area contributed by atoms with Crippen molar-refractivity contribution in [3.8, 4) is 11.5 Å². The maximum absolute atomic E-state index is 12.7. The summed E-state index contributed by atoms with van der Waals surface area (Å²) in [7, 11) is 1.60. The molecule has 1 heterocycles. The quantitative estimate of drug-likeness (QED) is 0.447. The minimum atomic E-state index is -0.809. The zero-order chi connectivity index (χ0) is 21.2. The van der Waals surface area contributed by atoms with Gasteiger partial charge in [-0.05, 0) is 36.2 Å². The molecule has 1 aromatic heterocycles. The first-order chi connectivity index (χ1) is 14.7. The number of H-pyrrole nitrogens is 1. The molecule has 3 N–H and O–H groups in total. The normalized spacial score (nSPS) is 11.4. The Hall–Kier alpha value is -3.81. The minimum Gasteiger partial charge on any atom is -0.497 e. The second-order valence-electron chi connectivity index (χ2n) is 6.51. The molecule has 0 fully saturated rings. The molecule has 0 aliphatic heterocycles. The molecule has 2 aromatic carbocycles. The summed E-state index contributed by atoms with van der Waals surface area (Å²) < 4.78 is 10.7. The average molecular weight is 408 g/mol. The molecule has 0 saturated heterocycles. The molecule has 0 spiro atoms. The molecule has 0 aliphatic rings. The predicted octanol–water partition coefficient (Wildman–Crippen LogP) is 3.07. The van der Waals surface area contributed by atoms with Crippen molar-refractivity contribution in [1.82, 2.24) is 15.5 Å². The van der Waals surface area contributed by atoms with E-state index in [1.807, 2.05) is 42.5 Å². The number of aromatic nitrogens is 2. The Labute approximate surface area is 174 Å². The summed E-state index contributed by atoms with van der Waals surface area (Å²) in [5, 5.41) is 12.0. The third kappa shape index (κ3) is 6.10. The summed E-state index contributed by atoms with van der Waals surface area (Å²) in [6.07, 6.45) is 3.82. The number of rotatable bonds is 10. The molecule has 0 saturated carbocycles. The van der Waals surface area contributed by atoms with E-state index in [1.165, 1.54) is 6.20 Å². The number of anilines is 1. The summed E-state index contributed by atoms with van der Waals surface area (Å²) in [5.41, 5.74) is 1.23. The molecule has 2 amide bonds. The summed E-state index contributed by atoms with van der Waals surface area (Å²) in [6.45, 7) is 0.386. The third-order valence-electron chi connectivity index (χ3n) is 4.34. The molecule has 8 heteroatoms. The number of ether oxygens (including phenoxy) is 2. The molecule has 3 aromatic rings. The number of amides is 2. The van der Waals surface area contributed by atoms with E-state index >= 15 is 0 Å². The fraction of sp³-hybridized carbons (Fsp3) is 0.227. The summed E-state index contributed by atoms with van der Waals surface area (Å²) >= 11 is 0. The van der Waals surface area contributed by atoms with E-state index in [0.717, 1.165) is 5.75 Å². The predicted molar refractivity (Wildman–Crippen MR) is 112 cm³/mol. The fourth-order valence-corrected chi connectivity index (χ4v) is 2.81. The number of hydrogen-bond donors (Lipinski definition) is 3. The van der Waals surface area contributed by atoms with Crippen LogP contribution in [0, 0.1) is 0 Å². The van der Waals surface area contributed by atoms with E-state index in [-0.39, 0.29) is 18.2 Å². The molecule has 0 radical (unpaired) electrons. The monoisotopic (exact) mass is 408 g/mol. The lowest BCUT2D eigenvalue weighted by molar-refractivity contribution is -0.126. The number of nitrogens with one attached hydrogen (secondary N) is 3. The van der Waals surface area contributed by atoms with E-state index in [0.29, 0.717) is 30.0 Å². The molecular formula is C22H24N4O4. The van der Waals surface area contributed by atoms with Crippen LogP contribution in [0.1, 0.15) is 24.4 Å². The van der Waals surface area contributed by atoms with Crippen molar-refractivity contribution in [3.63, 3.8) is 0 Å². The van der Waals surface area contributed by atoms with Gasteiger partial charge in [0.1, 0.15) is 17.5 Å². The zero-order valence-corrected chi connectivity index (χ0v) is 16.6. The van der Waals surface area contributed by atoms with Gasteiger partial charge >= 0.3 is 0 Å². The Morgan fingerprint density at radius 1 is 1.07 bits per heavy atom. The molecule has 8 nitrogen and oxygen atoms in total. The first-order valence-corrected chi connectivity index (χ1v) is 9.56. The highest BCUT2D eigenvalue weighted by atomic mass is 16.5. The SMILES string of the molecule is COc1ccc(OCCCC(=O)N[C@@H](C(=O)Nc2cn[nH]c2)c2ccccc2)cc1. The van der Waals surface area contributed by atoms with Crippen molar-refractivity contribution >= 4 is 17.5 Å². The number of aromatic amines is 1. The van der Waals surface area contributed by atoms with Gasteiger partial charge in [-0.3, -0.25) is 14.7 Å². The van der Waals surface area contributed by atoms with Crippen LogP contribution in [0.15, 0.2) is 67.0 Å². The molecule has 156 valence electrons. The maximum Gasteiger partial charge on any atom is 0.251 e. The number of hydrogen-bond acceptors (Lipinski definition) is 5. The summed E-state index contributed by atoms with van der Waals surface area (Å²) in [4.78, 5) is 25.2. The lowest BCUT2D eigenvalue weighted by Gasteiger charge is -2.18. The van der Waals surface area contributed by atoms with E-state index in [1.54, 1.807) is 25.4 Å². The lowest BCUT2D eigenvalue weighted by Crippen LogP contribution is -2.37. The van der Waals surface area contributed by atoms with Gasteiger partial charge in [0.25, 0.3) is 5.91 Å². The smallest absolute Gasteiger partial charge is 0.251 e. The highest BCUT2D eigenvalue weighted by Crippen LogP contribution is 2.18. The third-order valence-corrected chi connectivity index (χ3v) is 4.34. The molecule has 30 heavy (non-hydrogen) atoms. The van der Waals surface area contributed by atoms with Crippen LogP contribution in [-0.2, 0) is 9.59 Å². The number of nitrogens with zero attached hydrogens (tertiary/aromatic N) is 1. The van der Waals surface area contributed by atoms with Gasteiger partial charge in [-0.2, -0.15) is 5.10 Å². The second kappa shape index (κ2) is 10.7. The van der Waals surface area contributed by atoms with Crippen molar-refractivity contribution in [2.24, 2.45) is 0 Å². The van der Waals surface area contributed by atoms with Crippen LogP contribution in [0.3, 0.4) is 0 Å². The van der Waals surface area contributed by atoms with Crippen molar-refractivity contribution in [2.75, 3.05) is 19.0 Å². The highest BCUT2D eigenvalue weighted by Gasteiger charge is 2.22. The number of carbonyl (C=O) groups is 2. The van der Waals surface area contributed by atoms with Crippen LogP contribution in [-0.4, -0.2) is 35.7 Å². The van der Waals surface area contributed by atoms with Crippen LogP contribution in [0.4, 0.5) is 5.69 Å². The van der Waals surface area contributed by atoms with Crippen LogP contribution in [0.2, 0.25) is 0 Å². The Kier molecular flexibility index (Phi) is 7.43. The Balaban J connectivity index is 1.51. The maximum atomic E-state index is 12.7. The Morgan fingerprint density at radius 3 is 2.47 bits per heavy atom. The minimum absolute atomic E-state index is 0.232. The number of methoxy groups -OCH3 is 1. The molecule has 1 atom stereocenters. The number of carbonyl (C=O) groups excluding carboxylic acids is 2. The van der Waals surface area contributed by atoms with Crippen LogP contribution in [0.25, 0.3) is 0 Å². The van der Waals surface area contributed by atoms with Gasteiger partial charge in [0.2, 0.25) is 5.91 Å². The van der Waals surface area contributed by atoms with Gasteiger partial charge in [0.05, 0.1) is 25.6 Å². The van der Waals surface area contributed by atoms with E-state index in [9.17, 15) is 9.59 Å². The van der Waals surface area contributed by atoms with Crippen molar-refractivity contribution in [3.05, 3.63) is 72.6 Å². The average Bonchev–Trinajstić information content (AvgIpc) is 3.29. The number of benzene rings is 2. The Morgan fingerprint density at radius 2 is 1.80 bits per heavy atom. The summed E-state index contributed by atoms with van der Waals surface area (Å²) in [5.74, 6) is 0.884. The zero-order valence-electron chi connectivity index (χ0n) is 16.6. The lowest BCUT2D eigenvalue weighted by atomic mass is 10.1. The molecular weight excluding hydrogens is 384 g/mol. The van der Waals surface area contributed by atoms with E-state index in [2.05, 4.69) is 20.8 Å². The van der Waals surface area contributed by atoms with E-state index in [4.69, 9.17) is 9.47 Å². The van der Waals surface area contributed by atoms with Gasteiger partial charge in [0.15, 0.2) is 0 Å². The molecule has 0 bridgehead atoms. The van der Waals surface area contributed by atoms with Crippen LogP contribution in [0.5, 0.6) is 11.5 Å². The topological polar surface area (TPSA) is 105 Å². The van der Waals surface area contributed by atoms with Crippen LogP contribution >= 0.6 is 0 Å². The molecule has 0 unspecified atom stereocenters. The van der Waals surface area contributed by atoms with Gasteiger partial charge < -0.3 is 20.1 Å². The highest BCUT2D eigenvalue weighted by molar-refractivity contribution is 5.97. The first-order valence-electron chi connectivity index (χ1n) is 9.56. The fourth-order valence-electron chi connectivity index (χ4n) is 2.81.